The van der Waals surface area contributed by atoms with Crippen LogP contribution in [0.2, 0.25) is 0 Å². The average molecular weight is 312 g/mol. The summed E-state index contributed by atoms with van der Waals surface area (Å²) in [5.74, 6) is 2.15. The molecule has 1 saturated heterocycles. The molecule has 2 aliphatic heterocycles. The van der Waals surface area contributed by atoms with E-state index in [-0.39, 0.29) is 6.10 Å². The number of hydrogen-bond acceptors (Lipinski definition) is 4. The van der Waals surface area contributed by atoms with E-state index in [1.165, 1.54) is 11.1 Å². The summed E-state index contributed by atoms with van der Waals surface area (Å²) < 4.78 is 8.10. The summed E-state index contributed by atoms with van der Waals surface area (Å²) in [6, 6.07) is 8.80. The quantitative estimate of drug-likeness (QED) is 0.873. The third-order valence-corrected chi connectivity index (χ3v) is 4.85. The van der Waals surface area contributed by atoms with Crippen molar-refractivity contribution >= 4 is 0 Å². The molecule has 1 aromatic carbocycles. The summed E-state index contributed by atoms with van der Waals surface area (Å²) in [7, 11) is 0. The van der Waals surface area contributed by atoms with Gasteiger partial charge in [0.25, 0.3) is 0 Å². The minimum atomic E-state index is 0.152. The zero-order valence-corrected chi connectivity index (χ0v) is 13.7. The molecule has 1 aromatic heterocycles. The Kier molecular flexibility index (Phi) is 4.14. The minimum absolute atomic E-state index is 0.152. The Morgan fingerprint density at radius 3 is 3.00 bits per heavy atom. The van der Waals surface area contributed by atoms with Crippen LogP contribution in [0.15, 0.2) is 24.3 Å². The molecule has 122 valence electrons. The van der Waals surface area contributed by atoms with Crippen molar-refractivity contribution in [2.75, 3.05) is 19.7 Å². The van der Waals surface area contributed by atoms with Crippen LogP contribution in [0.25, 0.3) is 0 Å². The van der Waals surface area contributed by atoms with Gasteiger partial charge in [0.2, 0.25) is 0 Å². The molecule has 3 heterocycles. The van der Waals surface area contributed by atoms with Gasteiger partial charge in [-0.3, -0.25) is 4.90 Å². The van der Waals surface area contributed by atoms with Gasteiger partial charge in [0.05, 0.1) is 0 Å². The summed E-state index contributed by atoms with van der Waals surface area (Å²) in [6.45, 7) is 7.06. The summed E-state index contributed by atoms with van der Waals surface area (Å²) in [6.07, 6.45) is 3.32. The predicted octanol–water partition coefficient (Wildman–Crippen LogP) is 2.50. The van der Waals surface area contributed by atoms with Gasteiger partial charge in [-0.15, -0.1) is 10.2 Å². The first kappa shape index (κ1) is 14.8. The van der Waals surface area contributed by atoms with Crippen LogP contribution in [0, 0.1) is 6.92 Å². The fourth-order valence-electron chi connectivity index (χ4n) is 3.64. The van der Waals surface area contributed by atoms with Crippen LogP contribution in [0.3, 0.4) is 0 Å². The van der Waals surface area contributed by atoms with Crippen LogP contribution in [0.5, 0.6) is 0 Å². The maximum Gasteiger partial charge on any atom is 0.162 e. The van der Waals surface area contributed by atoms with Crippen molar-refractivity contribution < 1.29 is 4.74 Å². The molecule has 2 aliphatic rings. The predicted molar refractivity (Wildman–Crippen MR) is 88.1 cm³/mol. The first-order chi connectivity index (χ1) is 11.3. The second-order valence-electron chi connectivity index (χ2n) is 6.64. The molecule has 0 N–H and O–H groups in total. The molecule has 0 bridgehead atoms. The van der Waals surface area contributed by atoms with Gasteiger partial charge in [-0.25, -0.2) is 0 Å². The average Bonchev–Trinajstić information content (AvgIpc) is 3.16. The van der Waals surface area contributed by atoms with E-state index in [9.17, 15) is 0 Å². The third kappa shape index (κ3) is 3.16. The van der Waals surface area contributed by atoms with E-state index in [0.29, 0.717) is 0 Å². The zero-order valence-electron chi connectivity index (χ0n) is 13.7. The van der Waals surface area contributed by atoms with Crippen LogP contribution >= 0.6 is 0 Å². The molecular weight excluding hydrogens is 288 g/mol. The van der Waals surface area contributed by atoms with Crippen molar-refractivity contribution in [2.24, 2.45) is 0 Å². The summed E-state index contributed by atoms with van der Waals surface area (Å²) in [5, 5.41) is 8.83. The van der Waals surface area contributed by atoms with Gasteiger partial charge in [0, 0.05) is 39.2 Å². The van der Waals surface area contributed by atoms with Crippen molar-refractivity contribution in [3.05, 3.63) is 47.0 Å². The Balaban J connectivity index is 1.46. The number of nitrogens with zero attached hydrogens (tertiary/aromatic N) is 4. The second kappa shape index (κ2) is 6.42. The lowest BCUT2D eigenvalue weighted by Gasteiger charge is -2.20. The van der Waals surface area contributed by atoms with E-state index in [1.807, 2.05) is 0 Å². The maximum absolute atomic E-state index is 5.80. The normalized spacial score (nSPS) is 22.0. The number of aryl methyl sites for hydroxylation is 1. The molecule has 23 heavy (non-hydrogen) atoms. The molecule has 0 unspecified atom stereocenters. The highest BCUT2D eigenvalue weighted by molar-refractivity contribution is 5.22. The van der Waals surface area contributed by atoms with E-state index in [1.54, 1.807) is 0 Å². The van der Waals surface area contributed by atoms with Gasteiger partial charge in [-0.05, 0) is 25.3 Å². The minimum Gasteiger partial charge on any atom is -0.370 e. The zero-order chi connectivity index (χ0) is 15.6. The number of hydrogen-bond donors (Lipinski definition) is 0. The van der Waals surface area contributed by atoms with Gasteiger partial charge in [-0.1, -0.05) is 29.8 Å². The van der Waals surface area contributed by atoms with Gasteiger partial charge < -0.3 is 9.30 Å². The number of ether oxygens (including phenoxy) is 1. The Labute approximate surface area is 137 Å². The van der Waals surface area contributed by atoms with Crippen molar-refractivity contribution in [2.45, 2.75) is 45.4 Å². The molecule has 0 saturated carbocycles. The molecule has 0 radical (unpaired) electrons. The Morgan fingerprint density at radius 2 is 2.17 bits per heavy atom. The number of fused-ring (bicyclic) bond motifs is 1. The standard InChI is InChI=1S/C18H24N4O/c1-14-4-2-5-15(12-14)13-21-8-7-17-19-20-18(22(17)10-9-21)16-6-3-11-23-16/h2,4-5,12,16H,3,6-11,13H2,1H3/t16-/m0/s1. The molecule has 0 spiro atoms. The lowest BCUT2D eigenvalue weighted by Crippen LogP contribution is -2.27. The van der Waals surface area contributed by atoms with E-state index < -0.39 is 0 Å². The largest absolute Gasteiger partial charge is 0.370 e. The highest BCUT2D eigenvalue weighted by Gasteiger charge is 2.26. The molecule has 5 nitrogen and oxygen atoms in total. The fraction of sp³-hybridized carbons (Fsp3) is 0.556. The first-order valence-electron chi connectivity index (χ1n) is 8.61. The van der Waals surface area contributed by atoms with E-state index >= 15 is 0 Å². The highest BCUT2D eigenvalue weighted by Crippen LogP contribution is 2.28. The van der Waals surface area contributed by atoms with Crippen LogP contribution in [0.1, 0.15) is 41.7 Å². The smallest absolute Gasteiger partial charge is 0.162 e. The number of benzene rings is 1. The van der Waals surface area contributed by atoms with E-state index in [0.717, 1.165) is 63.7 Å². The Bertz CT molecular complexity index is 675. The molecule has 2 aromatic rings. The van der Waals surface area contributed by atoms with Crippen molar-refractivity contribution in [1.29, 1.82) is 0 Å². The summed E-state index contributed by atoms with van der Waals surface area (Å²) in [5.41, 5.74) is 2.72. The monoisotopic (exact) mass is 312 g/mol. The first-order valence-corrected chi connectivity index (χ1v) is 8.61. The van der Waals surface area contributed by atoms with Crippen molar-refractivity contribution in [1.82, 2.24) is 19.7 Å². The lowest BCUT2D eigenvalue weighted by atomic mass is 10.1. The third-order valence-electron chi connectivity index (χ3n) is 4.85. The molecule has 1 fully saturated rings. The van der Waals surface area contributed by atoms with Gasteiger partial charge in [0.15, 0.2) is 5.82 Å². The van der Waals surface area contributed by atoms with Crippen LogP contribution in [-0.2, 0) is 24.2 Å². The Hall–Kier alpha value is -1.72. The molecule has 5 heteroatoms. The molecule has 1 atom stereocenters. The van der Waals surface area contributed by atoms with E-state index in [4.69, 9.17) is 4.74 Å². The lowest BCUT2D eigenvalue weighted by molar-refractivity contribution is 0.101. The molecule has 0 amide bonds. The van der Waals surface area contributed by atoms with Crippen LogP contribution < -0.4 is 0 Å². The van der Waals surface area contributed by atoms with E-state index in [2.05, 4.69) is 50.9 Å². The van der Waals surface area contributed by atoms with Gasteiger partial charge >= 0.3 is 0 Å². The van der Waals surface area contributed by atoms with Gasteiger partial charge in [0.1, 0.15) is 11.9 Å². The number of aromatic nitrogens is 3. The van der Waals surface area contributed by atoms with Crippen molar-refractivity contribution in [3.8, 4) is 0 Å². The summed E-state index contributed by atoms with van der Waals surface area (Å²) >= 11 is 0. The number of rotatable bonds is 3. The topological polar surface area (TPSA) is 43.2 Å². The van der Waals surface area contributed by atoms with Gasteiger partial charge in [-0.2, -0.15) is 0 Å². The molecule has 0 aliphatic carbocycles. The van der Waals surface area contributed by atoms with Crippen LogP contribution in [-0.4, -0.2) is 39.4 Å². The second-order valence-corrected chi connectivity index (χ2v) is 6.64. The molecular formula is C18H24N4O. The SMILES string of the molecule is Cc1cccc(CN2CCc3nnc([C@@H]4CCCO4)n3CC2)c1. The maximum atomic E-state index is 5.80. The summed E-state index contributed by atoms with van der Waals surface area (Å²) in [4.78, 5) is 2.52. The Morgan fingerprint density at radius 1 is 1.22 bits per heavy atom. The molecule has 4 rings (SSSR count). The highest BCUT2D eigenvalue weighted by atomic mass is 16.5. The van der Waals surface area contributed by atoms with Crippen LogP contribution in [0.4, 0.5) is 0 Å². The van der Waals surface area contributed by atoms with Crippen molar-refractivity contribution in [3.63, 3.8) is 0 Å². The fourth-order valence-corrected chi connectivity index (χ4v) is 3.64.